The van der Waals surface area contributed by atoms with Crippen LogP contribution in [0.25, 0.3) is 0 Å². The van der Waals surface area contributed by atoms with Gasteiger partial charge in [0.15, 0.2) is 5.82 Å². The fraction of sp³-hybridized carbons (Fsp3) is 0.643. The highest BCUT2D eigenvalue weighted by Crippen LogP contribution is 2.40. The van der Waals surface area contributed by atoms with E-state index in [1.54, 1.807) is 0 Å². The molecule has 23 heavy (non-hydrogen) atoms. The number of carbonyl (C=O) groups excluding carboxylic acids is 1. The van der Waals surface area contributed by atoms with Gasteiger partial charge in [-0.25, -0.2) is 0 Å². The van der Waals surface area contributed by atoms with Crippen molar-refractivity contribution in [2.45, 2.75) is 44.6 Å². The van der Waals surface area contributed by atoms with E-state index in [1.807, 2.05) is 6.92 Å². The quantitative estimate of drug-likeness (QED) is 0.891. The highest BCUT2D eigenvalue weighted by Gasteiger charge is 2.34. The number of carbonyl (C=O) groups is 1. The Balaban J connectivity index is 1.39. The first-order chi connectivity index (χ1) is 11.2. The standard InChI is InChI=1S/C14H18N6O2S/c1-8-17-18-14(23-8)15-11(21)7-20-6-2-3-10(20)12-16-13(22-19-12)9-4-5-9/h9-10H,2-7H2,1H3,(H,15,18,21)/t10-/m0/s1. The van der Waals surface area contributed by atoms with Crippen LogP contribution in [0.5, 0.6) is 0 Å². The van der Waals surface area contributed by atoms with Crippen LogP contribution >= 0.6 is 11.3 Å². The molecule has 0 unspecified atom stereocenters. The Morgan fingerprint density at radius 1 is 1.39 bits per heavy atom. The minimum atomic E-state index is -0.0843. The van der Waals surface area contributed by atoms with Crippen molar-refractivity contribution in [2.24, 2.45) is 0 Å². The molecule has 1 saturated heterocycles. The number of amides is 1. The minimum Gasteiger partial charge on any atom is -0.339 e. The van der Waals surface area contributed by atoms with Gasteiger partial charge in [0.1, 0.15) is 5.01 Å². The third-order valence-electron chi connectivity index (χ3n) is 4.16. The Kier molecular flexibility index (Phi) is 3.82. The van der Waals surface area contributed by atoms with Crippen molar-refractivity contribution in [1.29, 1.82) is 0 Å². The van der Waals surface area contributed by atoms with Crippen molar-refractivity contribution in [1.82, 2.24) is 25.2 Å². The summed E-state index contributed by atoms with van der Waals surface area (Å²) in [7, 11) is 0. The highest BCUT2D eigenvalue weighted by molar-refractivity contribution is 7.15. The van der Waals surface area contributed by atoms with Crippen LogP contribution in [-0.4, -0.2) is 44.2 Å². The molecular weight excluding hydrogens is 316 g/mol. The van der Waals surface area contributed by atoms with E-state index in [0.29, 0.717) is 23.4 Å². The number of nitrogens with zero attached hydrogens (tertiary/aromatic N) is 5. The summed E-state index contributed by atoms with van der Waals surface area (Å²) in [5, 5.41) is 16.1. The topological polar surface area (TPSA) is 97.0 Å². The number of hydrogen-bond donors (Lipinski definition) is 1. The zero-order valence-corrected chi connectivity index (χ0v) is 13.7. The van der Waals surface area contributed by atoms with Crippen LogP contribution in [0.1, 0.15) is 54.4 Å². The lowest BCUT2D eigenvalue weighted by atomic mass is 10.2. The fourth-order valence-corrected chi connectivity index (χ4v) is 3.48. The normalized spacial score (nSPS) is 21.7. The summed E-state index contributed by atoms with van der Waals surface area (Å²) < 4.78 is 5.35. The summed E-state index contributed by atoms with van der Waals surface area (Å²) in [5.74, 6) is 1.83. The van der Waals surface area contributed by atoms with Gasteiger partial charge in [-0.3, -0.25) is 15.0 Å². The molecule has 1 atom stereocenters. The van der Waals surface area contributed by atoms with E-state index < -0.39 is 0 Å². The Bertz CT molecular complexity index is 710. The number of hydrogen-bond acceptors (Lipinski definition) is 8. The zero-order chi connectivity index (χ0) is 15.8. The third-order valence-corrected chi connectivity index (χ3v) is 4.92. The van der Waals surface area contributed by atoms with Crippen LogP contribution in [0.15, 0.2) is 4.52 Å². The van der Waals surface area contributed by atoms with Gasteiger partial charge >= 0.3 is 0 Å². The highest BCUT2D eigenvalue weighted by atomic mass is 32.1. The van der Waals surface area contributed by atoms with Gasteiger partial charge in [0, 0.05) is 5.92 Å². The van der Waals surface area contributed by atoms with E-state index in [4.69, 9.17) is 4.52 Å². The number of rotatable bonds is 5. The van der Waals surface area contributed by atoms with E-state index in [1.165, 1.54) is 11.3 Å². The predicted octanol–water partition coefficient (Wildman–Crippen LogP) is 1.88. The Labute approximate surface area is 137 Å². The predicted molar refractivity (Wildman–Crippen MR) is 83.1 cm³/mol. The summed E-state index contributed by atoms with van der Waals surface area (Å²) in [6, 6.07) is 0.0631. The first kappa shape index (κ1) is 14.7. The lowest BCUT2D eigenvalue weighted by Crippen LogP contribution is -2.33. The van der Waals surface area contributed by atoms with E-state index >= 15 is 0 Å². The maximum absolute atomic E-state index is 12.2. The molecule has 0 aromatic carbocycles. The van der Waals surface area contributed by atoms with Crippen molar-refractivity contribution < 1.29 is 9.32 Å². The van der Waals surface area contributed by atoms with Gasteiger partial charge in [-0.2, -0.15) is 4.98 Å². The van der Waals surface area contributed by atoms with Gasteiger partial charge in [-0.05, 0) is 39.2 Å². The average molecular weight is 334 g/mol. The zero-order valence-electron chi connectivity index (χ0n) is 12.9. The molecule has 1 aliphatic carbocycles. The summed E-state index contributed by atoms with van der Waals surface area (Å²) in [6.07, 6.45) is 4.26. The maximum Gasteiger partial charge on any atom is 0.240 e. The summed E-state index contributed by atoms with van der Waals surface area (Å²) in [5.41, 5.74) is 0. The second kappa shape index (κ2) is 5.97. The summed E-state index contributed by atoms with van der Waals surface area (Å²) >= 11 is 1.37. The van der Waals surface area contributed by atoms with E-state index in [2.05, 4.69) is 30.6 Å². The lowest BCUT2D eigenvalue weighted by molar-refractivity contribution is -0.117. The second-order valence-corrected chi connectivity index (χ2v) is 7.25. The first-order valence-electron chi connectivity index (χ1n) is 7.86. The molecule has 1 N–H and O–H groups in total. The van der Waals surface area contributed by atoms with Gasteiger partial charge in [-0.15, -0.1) is 10.2 Å². The molecule has 2 aliphatic rings. The van der Waals surface area contributed by atoms with Crippen molar-refractivity contribution in [3.8, 4) is 0 Å². The fourth-order valence-electron chi connectivity index (χ4n) is 2.88. The number of nitrogens with one attached hydrogen (secondary N) is 1. The molecule has 8 nitrogen and oxygen atoms in total. The number of aryl methyl sites for hydroxylation is 1. The molecule has 0 bridgehead atoms. The smallest absolute Gasteiger partial charge is 0.240 e. The lowest BCUT2D eigenvalue weighted by Gasteiger charge is -2.20. The molecule has 122 valence electrons. The minimum absolute atomic E-state index is 0.0631. The molecule has 0 spiro atoms. The average Bonchev–Trinajstić information content (AvgIpc) is 2.91. The molecule has 1 aliphatic heterocycles. The van der Waals surface area contributed by atoms with Gasteiger partial charge in [0.2, 0.25) is 16.9 Å². The van der Waals surface area contributed by atoms with Crippen LogP contribution in [-0.2, 0) is 4.79 Å². The van der Waals surface area contributed by atoms with Gasteiger partial charge < -0.3 is 4.52 Å². The number of likely N-dealkylation sites (tertiary alicyclic amines) is 1. The van der Waals surface area contributed by atoms with Crippen LogP contribution in [0.2, 0.25) is 0 Å². The number of anilines is 1. The Hall–Kier alpha value is -1.87. The Morgan fingerprint density at radius 2 is 2.26 bits per heavy atom. The molecule has 4 rings (SSSR count). The van der Waals surface area contributed by atoms with Crippen molar-refractivity contribution in [3.05, 3.63) is 16.7 Å². The molecule has 9 heteroatoms. The van der Waals surface area contributed by atoms with Crippen LogP contribution in [0, 0.1) is 6.92 Å². The maximum atomic E-state index is 12.2. The molecule has 1 saturated carbocycles. The number of aromatic nitrogens is 4. The second-order valence-electron chi connectivity index (χ2n) is 6.07. The van der Waals surface area contributed by atoms with Gasteiger partial charge in [-0.1, -0.05) is 16.5 Å². The van der Waals surface area contributed by atoms with Crippen LogP contribution < -0.4 is 5.32 Å². The molecule has 0 radical (unpaired) electrons. The monoisotopic (exact) mass is 334 g/mol. The molecular formula is C14H18N6O2S. The van der Waals surface area contributed by atoms with Gasteiger partial charge in [0.05, 0.1) is 12.6 Å². The first-order valence-corrected chi connectivity index (χ1v) is 8.68. The molecule has 3 heterocycles. The summed E-state index contributed by atoms with van der Waals surface area (Å²) in [4.78, 5) is 18.8. The van der Waals surface area contributed by atoms with E-state index in [9.17, 15) is 4.79 Å². The van der Waals surface area contributed by atoms with Crippen LogP contribution in [0.3, 0.4) is 0 Å². The molecule has 2 aromatic heterocycles. The SMILES string of the molecule is Cc1nnc(NC(=O)CN2CCC[C@H]2c2noc(C3CC3)n2)s1. The van der Waals surface area contributed by atoms with Gasteiger partial charge in [0.25, 0.3) is 0 Å². The van der Waals surface area contributed by atoms with E-state index in [-0.39, 0.29) is 11.9 Å². The Morgan fingerprint density at radius 3 is 3.00 bits per heavy atom. The molecule has 2 aromatic rings. The molecule has 1 amide bonds. The third kappa shape index (κ3) is 3.25. The van der Waals surface area contributed by atoms with Crippen molar-refractivity contribution in [2.75, 3.05) is 18.4 Å². The van der Waals surface area contributed by atoms with Crippen molar-refractivity contribution in [3.63, 3.8) is 0 Å². The van der Waals surface area contributed by atoms with E-state index in [0.717, 1.165) is 43.1 Å². The largest absolute Gasteiger partial charge is 0.339 e. The van der Waals surface area contributed by atoms with Crippen molar-refractivity contribution >= 4 is 22.4 Å². The van der Waals surface area contributed by atoms with Crippen LogP contribution in [0.4, 0.5) is 5.13 Å². The molecule has 2 fully saturated rings. The summed E-state index contributed by atoms with van der Waals surface area (Å²) in [6.45, 7) is 3.02.